The van der Waals surface area contributed by atoms with Crippen molar-refractivity contribution in [3.63, 3.8) is 0 Å². The zero-order chi connectivity index (χ0) is 9.47. The third-order valence-electron chi connectivity index (χ3n) is 3.40. The van der Waals surface area contributed by atoms with Crippen molar-refractivity contribution in [1.82, 2.24) is 0 Å². The number of carbonyl (C=O) groups excluding carboxylic acids is 1. The molecule has 2 aliphatic rings. The normalized spacial score (nSPS) is 26.6. The largest absolute Gasteiger partial charge is 0.468 e. The fourth-order valence-corrected chi connectivity index (χ4v) is 2.08. The van der Waals surface area contributed by atoms with E-state index in [2.05, 4.69) is 4.74 Å². The number of rotatable bonds is 4. The summed E-state index contributed by atoms with van der Waals surface area (Å²) < 4.78 is 4.68. The quantitative estimate of drug-likeness (QED) is 0.663. The lowest BCUT2D eigenvalue weighted by atomic mass is 9.91. The van der Waals surface area contributed by atoms with Gasteiger partial charge in [-0.25, -0.2) is 0 Å². The molecule has 13 heavy (non-hydrogen) atoms. The van der Waals surface area contributed by atoms with Crippen LogP contribution in [-0.4, -0.2) is 19.1 Å². The van der Waals surface area contributed by atoms with Gasteiger partial charge in [-0.1, -0.05) is 12.8 Å². The van der Waals surface area contributed by atoms with Crippen LogP contribution in [0.15, 0.2) is 0 Å². The molecule has 0 spiro atoms. The van der Waals surface area contributed by atoms with Gasteiger partial charge in [0.25, 0.3) is 0 Å². The maximum absolute atomic E-state index is 11.3. The number of nitrogens with two attached hydrogens (primary N) is 1. The summed E-state index contributed by atoms with van der Waals surface area (Å²) in [5.74, 6) is 0.608. The van der Waals surface area contributed by atoms with E-state index in [0.717, 1.165) is 25.2 Å². The monoisotopic (exact) mass is 183 g/mol. The minimum atomic E-state index is -0.377. The maximum atomic E-state index is 11.3. The van der Waals surface area contributed by atoms with Crippen molar-refractivity contribution in [2.45, 2.75) is 38.1 Å². The van der Waals surface area contributed by atoms with E-state index >= 15 is 0 Å². The summed E-state index contributed by atoms with van der Waals surface area (Å²) in [5, 5.41) is 0. The molecule has 2 rings (SSSR count). The highest BCUT2D eigenvalue weighted by atomic mass is 16.5. The zero-order valence-corrected chi connectivity index (χ0v) is 8.08. The van der Waals surface area contributed by atoms with Crippen LogP contribution in [0.5, 0.6) is 0 Å². The third kappa shape index (κ3) is 1.70. The lowest BCUT2D eigenvalue weighted by Crippen LogP contribution is -2.40. The molecule has 3 nitrogen and oxygen atoms in total. The Morgan fingerprint density at radius 2 is 2.23 bits per heavy atom. The molecular weight excluding hydrogens is 166 g/mol. The molecule has 74 valence electrons. The van der Waals surface area contributed by atoms with Crippen molar-refractivity contribution in [2.75, 3.05) is 7.11 Å². The highest BCUT2D eigenvalue weighted by Crippen LogP contribution is 2.56. The van der Waals surface area contributed by atoms with Gasteiger partial charge in [-0.3, -0.25) is 4.79 Å². The highest BCUT2D eigenvalue weighted by Gasteiger charge is 2.53. The Hall–Kier alpha value is -0.570. The van der Waals surface area contributed by atoms with E-state index < -0.39 is 0 Å². The first-order valence-corrected chi connectivity index (χ1v) is 5.01. The van der Waals surface area contributed by atoms with Gasteiger partial charge in [-0.2, -0.15) is 0 Å². The summed E-state index contributed by atoms with van der Waals surface area (Å²) in [6, 6.07) is -0.377. The van der Waals surface area contributed by atoms with Crippen LogP contribution in [0.3, 0.4) is 0 Å². The molecule has 0 aromatic rings. The van der Waals surface area contributed by atoms with E-state index in [0.29, 0.717) is 0 Å². The number of ether oxygens (including phenoxy) is 1. The summed E-state index contributed by atoms with van der Waals surface area (Å²) in [5.41, 5.74) is 5.99. The van der Waals surface area contributed by atoms with Gasteiger partial charge in [-0.15, -0.1) is 0 Å². The molecule has 2 saturated carbocycles. The lowest BCUT2D eigenvalue weighted by Gasteiger charge is -2.20. The molecule has 2 aliphatic carbocycles. The van der Waals surface area contributed by atoms with Crippen molar-refractivity contribution in [1.29, 1.82) is 0 Å². The molecule has 1 unspecified atom stereocenters. The van der Waals surface area contributed by atoms with Gasteiger partial charge in [0.2, 0.25) is 0 Å². The van der Waals surface area contributed by atoms with E-state index in [4.69, 9.17) is 5.73 Å². The van der Waals surface area contributed by atoms with Crippen LogP contribution >= 0.6 is 0 Å². The van der Waals surface area contributed by atoms with Crippen molar-refractivity contribution >= 4 is 5.97 Å². The Bertz CT molecular complexity index is 219. The van der Waals surface area contributed by atoms with Gasteiger partial charge in [0.05, 0.1) is 7.11 Å². The number of hydrogen-bond donors (Lipinski definition) is 1. The van der Waals surface area contributed by atoms with Gasteiger partial charge >= 0.3 is 5.97 Å². The number of carbonyl (C=O) groups is 1. The van der Waals surface area contributed by atoms with Crippen LogP contribution in [0, 0.1) is 11.3 Å². The van der Waals surface area contributed by atoms with Crippen LogP contribution in [-0.2, 0) is 9.53 Å². The average molecular weight is 183 g/mol. The molecule has 0 radical (unpaired) electrons. The summed E-state index contributed by atoms with van der Waals surface area (Å²) in [7, 11) is 1.41. The lowest BCUT2D eigenvalue weighted by molar-refractivity contribution is -0.144. The van der Waals surface area contributed by atoms with Crippen LogP contribution < -0.4 is 5.73 Å². The molecule has 1 atom stereocenters. The van der Waals surface area contributed by atoms with Crippen LogP contribution in [0.4, 0.5) is 0 Å². The summed E-state index contributed by atoms with van der Waals surface area (Å²) in [4.78, 5) is 11.3. The Morgan fingerprint density at radius 1 is 1.62 bits per heavy atom. The van der Waals surface area contributed by atoms with Gasteiger partial charge in [0.1, 0.15) is 6.04 Å². The number of esters is 1. The van der Waals surface area contributed by atoms with E-state index in [1.165, 1.54) is 20.0 Å². The SMILES string of the molecule is COC(=O)C(N)C1(CC2CC2)CC1. The maximum Gasteiger partial charge on any atom is 0.323 e. The first-order valence-electron chi connectivity index (χ1n) is 5.01. The molecule has 0 heterocycles. The Kier molecular flexibility index (Phi) is 2.06. The third-order valence-corrected chi connectivity index (χ3v) is 3.40. The van der Waals surface area contributed by atoms with Crippen molar-refractivity contribution in [3.05, 3.63) is 0 Å². The minimum Gasteiger partial charge on any atom is -0.468 e. The molecule has 3 heteroatoms. The summed E-state index contributed by atoms with van der Waals surface area (Å²) >= 11 is 0. The van der Waals surface area contributed by atoms with Crippen LogP contribution in [0.2, 0.25) is 0 Å². The fourth-order valence-electron chi connectivity index (χ4n) is 2.08. The first-order chi connectivity index (χ1) is 6.18. The van der Waals surface area contributed by atoms with E-state index in [-0.39, 0.29) is 17.4 Å². The fraction of sp³-hybridized carbons (Fsp3) is 0.900. The van der Waals surface area contributed by atoms with Crippen molar-refractivity contribution < 1.29 is 9.53 Å². The molecular formula is C10H17NO2. The Balaban J connectivity index is 1.92. The molecule has 0 bridgehead atoms. The topological polar surface area (TPSA) is 52.3 Å². The number of hydrogen-bond acceptors (Lipinski definition) is 3. The zero-order valence-electron chi connectivity index (χ0n) is 8.08. The highest BCUT2D eigenvalue weighted by molar-refractivity contribution is 5.77. The van der Waals surface area contributed by atoms with E-state index in [9.17, 15) is 4.79 Å². The summed E-state index contributed by atoms with van der Waals surface area (Å²) in [6.07, 6.45) is 6.02. The predicted molar refractivity (Wildman–Crippen MR) is 49.0 cm³/mol. The Morgan fingerprint density at radius 3 is 2.62 bits per heavy atom. The molecule has 0 amide bonds. The molecule has 0 aromatic heterocycles. The van der Waals surface area contributed by atoms with Gasteiger partial charge in [0, 0.05) is 0 Å². The molecule has 0 aliphatic heterocycles. The van der Waals surface area contributed by atoms with Gasteiger partial charge in [-0.05, 0) is 30.6 Å². The van der Waals surface area contributed by atoms with E-state index in [1.54, 1.807) is 0 Å². The minimum absolute atomic E-state index is 0.119. The van der Waals surface area contributed by atoms with Crippen molar-refractivity contribution in [3.8, 4) is 0 Å². The predicted octanol–water partition coefficient (Wildman–Crippen LogP) is 1.07. The second-order valence-electron chi connectivity index (χ2n) is 4.51. The van der Waals surface area contributed by atoms with Crippen molar-refractivity contribution in [2.24, 2.45) is 17.1 Å². The molecule has 0 saturated heterocycles. The standard InChI is InChI=1S/C10H17NO2/c1-13-9(12)8(11)10(4-5-10)6-7-2-3-7/h7-8H,2-6,11H2,1H3. The molecule has 0 aromatic carbocycles. The molecule has 2 fully saturated rings. The van der Waals surface area contributed by atoms with Crippen LogP contribution in [0.25, 0.3) is 0 Å². The average Bonchev–Trinajstić information content (AvgIpc) is 3.00. The molecule has 2 N–H and O–H groups in total. The van der Waals surface area contributed by atoms with Gasteiger partial charge < -0.3 is 10.5 Å². The summed E-state index contributed by atoms with van der Waals surface area (Å²) in [6.45, 7) is 0. The second-order valence-corrected chi connectivity index (χ2v) is 4.51. The smallest absolute Gasteiger partial charge is 0.323 e. The first kappa shape index (κ1) is 9.00. The van der Waals surface area contributed by atoms with Crippen LogP contribution in [0.1, 0.15) is 32.1 Å². The van der Waals surface area contributed by atoms with E-state index in [1.807, 2.05) is 0 Å². The number of methoxy groups -OCH3 is 1. The second kappa shape index (κ2) is 2.98. The Labute approximate surface area is 78.6 Å². The van der Waals surface area contributed by atoms with Gasteiger partial charge in [0.15, 0.2) is 0 Å².